The Morgan fingerprint density at radius 1 is 1.15 bits per heavy atom. The molecular formula is C25H28N6O2. The van der Waals surface area contributed by atoms with E-state index in [1.54, 1.807) is 11.8 Å². The fraction of sp³-hybridized carbons (Fsp3) is 0.360. The van der Waals surface area contributed by atoms with Crippen molar-refractivity contribution < 1.29 is 4.74 Å². The van der Waals surface area contributed by atoms with Gasteiger partial charge in [-0.25, -0.2) is 4.68 Å². The predicted molar refractivity (Wildman–Crippen MR) is 126 cm³/mol. The van der Waals surface area contributed by atoms with Crippen LogP contribution in [0.1, 0.15) is 39.7 Å². The van der Waals surface area contributed by atoms with E-state index in [0.717, 1.165) is 41.5 Å². The lowest BCUT2D eigenvalue weighted by Crippen LogP contribution is -2.38. The minimum Gasteiger partial charge on any atom is -0.383 e. The molecule has 4 aromatic rings. The number of nitrogens with one attached hydrogen (secondary N) is 1. The normalized spacial score (nSPS) is 15.0. The molecule has 0 saturated carbocycles. The van der Waals surface area contributed by atoms with E-state index >= 15 is 0 Å². The number of methoxy groups -OCH3 is 1. The van der Waals surface area contributed by atoms with E-state index in [9.17, 15) is 4.79 Å². The summed E-state index contributed by atoms with van der Waals surface area (Å²) in [6, 6.07) is 14.3. The molecule has 1 aliphatic heterocycles. The fourth-order valence-corrected chi connectivity index (χ4v) is 4.89. The highest BCUT2D eigenvalue weighted by Crippen LogP contribution is 2.32. The van der Waals surface area contributed by atoms with E-state index in [4.69, 9.17) is 4.74 Å². The first-order chi connectivity index (χ1) is 16.0. The third-order valence-electron chi connectivity index (χ3n) is 6.45. The summed E-state index contributed by atoms with van der Waals surface area (Å²) in [4.78, 5) is 18.9. The first kappa shape index (κ1) is 21.5. The third-order valence-corrected chi connectivity index (χ3v) is 6.45. The average Bonchev–Trinajstić information content (AvgIpc) is 3.27. The zero-order valence-corrected chi connectivity index (χ0v) is 19.2. The van der Waals surface area contributed by atoms with Gasteiger partial charge in [-0.1, -0.05) is 35.9 Å². The monoisotopic (exact) mass is 444 g/mol. The van der Waals surface area contributed by atoms with Gasteiger partial charge in [0.15, 0.2) is 5.82 Å². The van der Waals surface area contributed by atoms with Crippen LogP contribution in [0, 0.1) is 13.8 Å². The van der Waals surface area contributed by atoms with Gasteiger partial charge in [0.05, 0.1) is 18.7 Å². The molecule has 1 N–H and O–H groups in total. The maximum Gasteiger partial charge on any atom is 0.253 e. The zero-order chi connectivity index (χ0) is 22.9. The smallest absolute Gasteiger partial charge is 0.253 e. The van der Waals surface area contributed by atoms with Crippen molar-refractivity contribution in [3.8, 4) is 0 Å². The highest BCUT2D eigenvalue weighted by atomic mass is 16.5. The van der Waals surface area contributed by atoms with Crippen molar-refractivity contribution in [2.45, 2.75) is 39.4 Å². The van der Waals surface area contributed by atoms with E-state index in [1.165, 1.54) is 11.1 Å². The number of rotatable bonds is 6. The van der Waals surface area contributed by atoms with Crippen molar-refractivity contribution in [3.05, 3.63) is 86.5 Å². The van der Waals surface area contributed by atoms with Gasteiger partial charge in [-0.3, -0.25) is 9.69 Å². The summed E-state index contributed by atoms with van der Waals surface area (Å²) >= 11 is 0. The number of aryl methyl sites for hydroxylation is 2. The number of hydrogen-bond donors (Lipinski definition) is 1. The Labute approximate surface area is 192 Å². The number of aromatic nitrogens is 5. The molecule has 0 radical (unpaired) electrons. The summed E-state index contributed by atoms with van der Waals surface area (Å²) in [5.41, 5.74) is 6.25. The molecule has 8 nitrogen and oxygen atoms in total. The summed E-state index contributed by atoms with van der Waals surface area (Å²) in [6.45, 7) is 6.63. The Hall–Kier alpha value is -3.36. The van der Waals surface area contributed by atoms with Crippen LogP contribution in [0.15, 0.2) is 47.3 Å². The fourth-order valence-electron chi connectivity index (χ4n) is 4.89. The van der Waals surface area contributed by atoms with Crippen molar-refractivity contribution in [2.24, 2.45) is 0 Å². The van der Waals surface area contributed by atoms with E-state index in [2.05, 4.69) is 68.7 Å². The molecule has 5 rings (SSSR count). The van der Waals surface area contributed by atoms with Crippen LogP contribution in [0.3, 0.4) is 0 Å². The first-order valence-corrected chi connectivity index (χ1v) is 11.2. The quantitative estimate of drug-likeness (QED) is 0.492. The van der Waals surface area contributed by atoms with Gasteiger partial charge in [0.25, 0.3) is 5.56 Å². The Balaban J connectivity index is 1.66. The summed E-state index contributed by atoms with van der Waals surface area (Å²) in [7, 11) is 1.65. The van der Waals surface area contributed by atoms with Crippen molar-refractivity contribution in [3.63, 3.8) is 0 Å². The van der Waals surface area contributed by atoms with Gasteiger partial charge in [-0.15, -0.1) is 5.10 Å². The van der Waals surface area contributed by atoms with Crippen LogP contribution in [0.25, 0.3) is 10.9 Å². The molecule has 8 heteroatoms. The molecule has 0 spiro atoms. The highest BCUT2D eigenvalue weighted by molar-refractivity contribution is 5.83. The van der Waals surface area contributed by atoms with E-state index in [0.29, 0.717) is 24.5 Å². The lowest BCUT2D eigenvalue weighted by atomic mass is 9.95. The second-order valence-electron chi connectivity index (χ2n) is 8.74. The summed E-state index contributed by atoms with van der Waals surface area (Å²) in [6.07, 6.45) is 0.913. The van der Waals surface area contributed by atoms with Gasteiger partial charge in [-0.2, -0.15) is 0 Å². The van der Waals surface area contributed by atoms with Crippen molar-refractivity contribution >= 4 is 10.9 Å². The zero-order valence-electron chi connectivity index (χ0n) is 19.2. The van der Waals surface area contributed by atoms with E-state index in [1.807, 2.05) is 13.0 Å². The maximum atomic E-state index is 13.4. The van der Waals surface area contributed by atoms with Gasteiger partial charge in [0, 0.05) is 25.8 Å². The van der Waals surface area contributed by atoms with Crippen molar-refractivity contribution in [2.75, 3.05) is 20.3 Å². The molecule has 170 valence electrons. The molecule has 0 amide bonds. The molecule has 0 unspecified atom stereocenters. The number of benzene rings is 2. The highest BCUT2D eigenvalue weighted by Gasteiger charge is 2.32. The topological polar surface area (TPSA) is 88.9 Å². The second-order valence-corrected chi connectivity index (χ2v) is 8.74. The van der Waals surface area contributed by atoms with Crippen LogP contribution in [-0.4, -0.2) is 50.4 Å². The molecule has 1 atom stereocenters. The molecule has 0 saturated heterocycles. The van der Waals surface area contributed by atoms with Gasteiger partial charge in [0.1, 0.15) is 6.04 Å². The lowest BCUT2D eigenvalue weighted by Gasteiger charge is -2.34. The standard InChI is InChI=1S/C25H28N6O2/c1-16-12-17(2)22-20(13-16)14-21(25(32)26-22)23(24-27-28-29-31(24)10-11-33-3)30-9-8-18-6-4-5-7-19(18)15-30/h4-7,12-14,23H,8-11,15H2,1-3H3,(H,26,32)/t23-/m1/s1. The molecule has 2 aromatic carbocycles. The lowest BCUT2D eigenvalue weighted by molar-refractivity contribution is 0.169. The molecule has 0 bridgehead atoms. The first-order valence-electron chi connectivity index (χ1n) is 11.2. The minimum atomic E-state index is -0.376. The molecule has 0 fully saturated rings. The van der Waals surface area contributed by atoms with E-state index in [-0.39, 0.29) is 11.6 Å². The number of tetrazole rings is 1. The molecule has 3 heterocycles. The van der Waals surface area contributed by atoms with Crippen LogP contribution >= 0.6 is 0 Å². The van der Waals surface area contributed by atoms with Crippen LogP contribution in [0.2, 0.25) is 0 Å². The van der Waals surface area contributed by atoms with Crippen LogP contribution in [0.4, 0.5) is 0 Å². The second kappa shape index (κ2) is 8.88. The number of aromatic amines is 1. The van der Waals surface area contributed by atoms with Crippen LogP contribution in [0.5, 0.6) is 0 Å². The number of ether oxygens (including phenoxy) is 1. The summed E-state index contributed by atoms with van der Waals surface area (Å²) in [5.74, 6) is 0.653. The summed E-state index contributed by atoms with van der Waals surface area (Å²) in [5, 5.41) is 13.5. The SMILES string of the molecule is COCCn1nnnc1[C@@H](c1cc2cc(C)cc(C)c2[nH]c1=O)N1CCc2ccccc2C1. The van der Waals surface area contributed by atoms with Crippen LogP contribution in [-0.2, 0) is 24.2 Å². The van der Waals surface area contributed by atoms with E-state index < -0.39 is 0 Å². The predicted octanol–water partition coefficient (Wildman–Crippen LogP) is 2.93. The molecule has 33 heavy (non-hydrogen) atoms. The molecule has 0 aliphatic carbocycles. The Kier molecular flexibility index (Phi) is 5.78. The maximum absolute atomic E-state index is 13.4. The number of nitrogens with zero attached hydrogens (tertiary/aromatic N) is 5. The third kappa shape index (κ3) is 4.07. The Bertz CT molecular complexity index is 1360. The number of fused-ring (bicyclic) bond motifs is 2. The summed E-state index contributed by atoms with van der Waals surface area (Å²) < 4.78 is 7.01. The van der Waals surface area contributed by atoms with Gasteiger partial charge >= 0.3 is 0 Å². The molecule has 2 aromatic heterocycles. The number of hydrogen-bond acceptors (Lipinski definition) is 6. The largest absolute Gasteiger partial charge is 0.383 e. The molecule has 1 aliphatic rings. The van der Waals surface area contributed by atoms with Crippen molar-refractivity contribution in [1.29, 1.82) is 0 Å². The van der Waals surface area contributed by atoms with Gasteiger partial charge in [0.2, 0.25) is 0 Å². The average molecular weight is 445 g/mol. The Morgan fingerprint density at radius 3 is 2.79 bits per heavy atom. The van der Waals surface area contributed by atoms with Crippen LogP contribution < -0.4 is 5.56 Å². The molecular weight excluding hydrogens is 416 g/mol. The van der Waals surface area contributed by atoms with Gasteiger partial charge in [-0.05, 0) is 64.9 Å². The minimum absolute atomic E-state index is 0.111. The van der Waals surface area contributed by atoms with Crippen molar-refractivity contribution in [1.82, 2.24) is 30.1 Å². The Morgan fingerprint density at radius 2 is 1.97 bits per heavy atom. The number of H-pyrrole nitrogens is 1. The number of pyridine rings is 1. The van der Waals surface area contributed by atoms with Gasteiger partial charge < -0.3 is 9.72 Å².